The fourth-order valence-electron chi connectivity index (χ4n) is 7.74. The van der Waals surface area contributed by atoms with Gasteiger partial charge in [-0.15, -0.1) is 0 Å². The number of pyridine rings is 1. The molecule has 0 radical (unpaired) electrons. The van der Waals surface area contributed by atoms with E-state index in [1.54, 1.807) is 36.0 Å². The standard InChI is InChI=1S/C36H36.C10H7NO2/c1-35(2,3)30-17-13-24(14-18-30)26-10-8-11-27(21-26)29-22-28-16-19-32-31-12-7-6-9-25(31)15-20-33(32)34(28)36(4,5)23-29;12-10(13)8-3-4-9-7(6-8)2-1-5-11-9/h6-21,29H,22-23H2,1-5H3;1-6H,(H,12,13). The molecule has 3 nitrogen and oxygen atoms in total. The molecule has 0 fully saturated rings. The minimum absolute atomic E-state index is 0.116. The fourth-order valence-corrected chi connectivity index (χ4v) is 7.74. The molecule has 0 aliphatic heterocycles. The van der Waals surface area contributed by atoms with Crippen LogP contribution >= 0.6 is 0 Å². The van der Waals surface area contributed by atoms with E-state index in [4.69, 9.17) is 5.11 Å². The Morgan fingerprint density at radius 2 is 1.47 bits per heavy atom. The lowest BCUT2D eigenvalue weighted by molar-refractivity contribution is 0.0697. The molecular formula is C46H43NO2. The predicted molar refractivity (Wildman–Crippen MR) is 205 cm³/mol. The van der Waals surface area contributed by atoms with E-state index in [-0.39, 0.29) is 10.8 Å². The maximum atomic E-state index is 10.6. The quantitative estimate of drug-likeness (QED) is 0.195. The Bertz CT molecular complexity index is 2330. The number of aromatic carboxylic acids is 1. The number of hydrogen-bond donors (Lipinski definition) is 1. The molecule has 244 valence electrons. The Hall–Kier alpha value is -5.28. The first kappa shape index (κ1) is 32.3. The smallest absolute Gasteiger partial charge is 0.335 e. The number of aromatic nitrogens is 1. The zero-order valence-electron chi connectivity index (χ0n) is 29.0. The average Bonchev–Trinajstić information content (AvgIpc) is 3.10. The van der Waals surface area contributed by atoms with Gasteiger partial charge in [-0.2, -0.15) is 0 Å². The normalized spacial score (nSPS) is 15.4. The van der Waals surface area contributed by atoms with Crippen LogP contribution in [0.3, 0.4) is 0 Å². The molecule has 0 saturated carbocycles. The molecule has 3 heteroatoms. The van der Waals surface area contributed by atoms with Crippen molar-refractivity contribution in [3.05, 3.63) is 161 Å². The highest BCUT2D eigenvalue weighted by molar-refractivity contribution is 6.09. The van der Waals surface area contributed by atoms with Crippen LogP contribution in [0.4, 0.5) is 0 Å². The molecule has 7 aromatic rings. The summed E-state index contributed by atoms with van der Waals surface area (Å²) in [6.45, 7) is 11.7. The van der Waals surface area contributed by atoms with Crippen molar-refractivity contribution < 1.29 is 9.90 Å². The second kappa shape index (κ2) is 12.6. The van der Waals surface area contributed by atoms with Crippen LogP contribution in [0.15, 0.2) is 134 Å². The van der Waals surface area contributed by atoms with E-state index in [0.29, 0.717) is 11.5 Å². The van der Waals surface area contributed by atoms with Gasteiger partial charge in [0, 0.05) is 11.6 Å². The Morgan fingerprint density at radius 3 is 2.24 bits per heavy atom. The van der Waals surface area contributed by atoms with Crippen molar-refractivity contribution in [2.45, 2.75) is 64.2 Å². The minimum Gasteiger partial charge on any atom is -0.478 e. The molecule has 1 N–H and O–H groups in total. The van der Waals surface area contributed by atoms with Crippen LogP contribution in [0.2, 0.25) is 0 Å². The summed E-state index contributed by atoms with van der Waals surface area (Å²) in [6, 6.07) is 45.2. The predicted octanol–water partition coefficient (Wildman–Crippen LogP) is 11.9. The van der Waals surface area contributed by atoms with E-state index < -0.39 is 5.97 Å². The maximum absolute atomic E-state index is 10.6. The molecule has 0 saturated heterocycles. The Labute approximate surface area is 289 Å². The van der Waals surface area contributed by atoms with Gasteiger partial charge in [0.05, 0.1) is 11.1 Å². The SMILES string of the molecule is CC(C)(C)c1ccc(-c2cccc(C3Cc4ccc5c(ccc6ccccc65)c4C(C)(C)C3)c2)cc1.O=C(O)c1ccc2ncccc2c1. The van der Waals surface area contributed by atoms with Gasteiger partial charge in [-0.3, -0.25) is 4.98 Å². The highest BCUT2D eigenvalue weighted by Crippen LogP contribution is 2.47. The first-order valence-electron chi connectivity index (χ1n) is 17.2. The second-order valence-corrected chi connectivity index (χ2v) is 15.1. The van der Waals surface area contributed by atoms with Gasteiger partial charge in [0.2, 0.25) is 0 Å². The lowest BCUT2D eigenvalue weighted by atomic mass is 9.65. The van der Waals surface area contributed by atoms with E-state index in [2.05, 4.69) is 137 Å². The summed E-state index contributed by atoms with van der Waals surface area (Å²) in [4.78, 5) is 14.7. The monoisotopic (exact) mass is 641 g/mol. The molecule has 0 spiro atoms. The summed E-state index contributed by atoms with van der Waals surface area (Å²) in [5.74, 6) is -0.384. The largest absolute Gasteiger partial charge is 0.478 e. The third-order valence-corrected chi connectivity index (χ3v) is 10.2. The van der Waals surface area contributed by atoms with Gasteiger partial charge in [0.1, 0.15) is 0 Å². The summed E-state index contributed by atoms with van der Waals surface area (Å²) in [5.41, 5.74) is 9.93. The van der Waals surface area contributed by atoms with Crippen molar-refractivity contribution in [2.24, 2.45) is 0 Å². The molecule has 6 aromatic carbocycles. The molecule has 0 bridgehead atoms. The van der Waals surface area contributed by atoms with Gasteiger partial charge in [-0.05, 0) is 109 Å². The van der Waals surface area contributed by atoms with Crippen molar-refractivity contribution >= 4 is 38.4 Å². The molecule has 49 heavy (non-hydrogen) atoms. The van der Waals surface area contributed by atoms with E-state index in [1.807, 2.05) is 6.07 Å². The second-order valence-electron chi connectivity index (χ2n) is 15.1. The summed E-state index contributed by atoms with van der Waals surface area (Å²) in [5, 5.41) is 15.1. The number of hydrogen-bond acceptors (Lipinski definition) is 2. The van der Waals surface area contributed by atoms with E-state index >= 15 is 0 Å². The maximum Gasteiger partial charge on any atom is 0.335 e. The molecule has 1 aliphatic carbocycles. The van der Waals surface area contributed by atoms with E-state index in [9.17, 15) is 4.79 Å². The average molecular weight is 642 g/mol. The van der Waals surface area contributed by atoms with Gasteiger partial charge in [-0.25, -0.2) is 4.79 Å². The number of carbonyl (C=O) groups is 1. The minimum atomic E-state index is -0.911. The number of fused-ring (bicyclic) bond motifs is 6. The molecule has 8 rings (SSSR count). The van der Waals surface area contributed by atoms with E-state index in [0.717, 1.165) is 17.3 Å². The van der Waals surface area contributed by atoms with Gasteiger partial charge in [0.25, 0.3) is 0 Å². The third-order valence-electron chi connectivity index (χ3n) is 10.2. The molecule has 1 unspecified atom stereocenters. The van der Waals surface area contributed by atoms with Crippen LogP contribution in [0.5, 0.6) is 0 Å². The van der Waals surface area contributed by atoms with Crippen molar-refractivity contribution in [2.75, 3.05) is 0 Å². The number of carboxylic acids is 1. The molecule has 1 aromatic heterocycles. The Morgan fingerprint density at radius 1 is 0.714 bits per heavy atom. The van der Waals surface area contributed by atoms with Crippen LogP contribution in [0.25, 0.3) is 43.6 Å². The van der Waals surface area contributed by atoms with Crippen LogP contribution in [0, 0.1) is 0 Å². The van der Waals surface area contributed by atoms with Crippen molar-refractivity contribution in [3.63, 3.8) is 0 Å². The molecule has 1 heterocycles. The van der Waals surface area contributed by atoms with E-state index in [1.165, 1.54) is 55.8 Å². The summed E-state index contributed by atoms with van der Waals surface area (Å²) in [6.07, 6.45) is 3.95. The topological polar surface area (TPSA) is 50.2 Å². The molecule has 0 amide bonds. The van der Waals surface area contributed by atoms with Gasteiger partial charge in [0.15, 0.2) is 0 Å². The first-order valence-corrected chi connectivity index (χ1v) is 17.2. The summed E-state index contributed by atoms with van der Waals surface area (Å²) < 4.78 is 0. The fraction of sp³-hybridized carbons (Fsp3) is 0.217. The van der Waals surface area contributed by atoms with Crippen LogP contribution in [-0.4, -0.2) is 16.1 Å². The number of nitrogens with zero attached hydrogens (tertiary/aromatic N) is 1. The van der Waals surface area contributed by atoms with Crippen LogP contribution in [0.1, 0.15) is 79.6 Å². The number of benzene rings is 6. The molecular weight excluding hydrogens is 599 g/mol. The lowest BCUT2D eigenvalue weighted by Gasteiger charge is -2.39. The Balaban J connectivity index is 0.000000244. The Kier molecular flexibility index (Phi) is 8.32. The first-order chi connectivity index (χ1) is 23.5. The summed E-state index contributed by atoms with van der Waals surface area (Å²) in [7, 11) is 0. The van der Waals surface area contributed by atoms with Gasteiger partial charge < -0.3 is 5.11 Å². The molecule has 1 atom stereocenters. The third kappa shape index (κ3) is 6.46. The highest BCUT2D eigenvalue weighted by atomic mass is 16.4. The lowest BCUT2D eigenvalue weighted by Crippen LogP contribution is -2.29. The van der Waals surface area contributed by atoms with Crippen LogP contribution < -0.4 is 0 Å². The number of carboxylic acid groups (broad SMARTS) is 1. The van der Waals surface area contributed by atoms with Gasteiger partial charge in [-0.1, -0.05) is 138 Å². The van der Waals surface area contributed by atoms with Crippen molar-refractivity contribution in [3.8, 4) is 11.1 Å². The highest BCUT2D eigenvalue weighted by Gasteiger charge is 2.35. The zero-order chi connectivity index (χ0) is 34.3. The van der Waals surface area contributed by atoms with Crippen molar-refractivity contribution in [1.29, 1.82) is 0 Å². The summed E-state index contributed by atoms with van der Waals surface area (Å²) >= 11 is 0. The van der Waals surface area contributed by atoms with Gasteiger partial charge >= 0.3 is 5.97 Å². The zero-order valence-corrected chi connectivity index (χ0v) is 29.0. The van der Waals surface area contributed by atoms with Crippen molar-refractivity contribution in [1.82, 2.24) is 4.98 Å². The van der Waals surface area contributed by atoms with Crippen LogP contribution in [-0.2, 0) is 17.3 Å². The number of rotatable bonds is 3. The molecule has 1 aliphatic rings.